The molecule has 0 bridgehead atoms. The zero-order valence-electron chi connectivity index (χ0n) is 12.2. The Morgan fingerprint density at radius 3 is 2.50 bits per heavy atom. The van der Waals surface area contributed by atoms with Crippen molar-refractivity contribution in [2.24, 2.45) is 0 Å². The minimum atomic E-state index is -1.00. The van der Waals surface area contributed by atoms with Gasteiger partial charge in [0.2, 0.25) is 0 Å². The Balaban J connectivity index is 2.43. The Labute approximate surface area is 125 Å². The third-order valence-electron chi connectivity index (χ3n) is 3.61. The normalized spacial score (nSPS) is 14.5. The summed E-state index contributed by atoms with van der Waals surface area (Å²) in [7, 11) is 0. The molecule has 0 radical (unpaired) electrons. The van der Waals surface area contributed by atoms with Crippen molar-refractivity contribution in [3.05, 3.63) is 52.8 Å². The van der Waals surface area contributed by atoms with E-state index >= 15 is 0 Å². The Morgan fingerprint density at radius 2 is 1.95 bits per heavy atom. The van der Waals surface area contributed by atoms with E-state index in [2.05, 4.69) is 5.10 Å². The zero-order valence-corrected chi connectivity index (χ0v) is 12.9. The lowest BCUT2D eigenvalue weighted by Crippen LogP contribution is -2.32. The van der Waals surface area contributed by atoms with Crippen molar-refractivity contribution in [2.75, 3.05) is 0 Å². The van der Waals surface area contributed by atoms with Crippen molar-refractivity contribution in [1.82, 2.24) is 9.78 Å². The molecule has 1 unspecified atom stereocenters. The fourth-order valence-corrected chi connectivity index (χ4v) is 2.78. The molecular weight excluding hydrogens is 272 g/mol. The van der Waals surface area contributed by atoms with Gasteiger partial charge in [-0.2, -0.15) is 5.10 Å². The molecule has 1 aromatic carbocycles. The van der Waals surface area contributed by atoms with E-state index < -0.39 is 5.60 Å². The average Bonchev–Trinajstić information content (AvgIpc) is 2.82. The van der Waals surface area contributed by atoms with Gasteiger partial charge in [0.1, 0.15) is 5.60 Å². The van der Waals surface area contributed by atoms with Crippen molar-refractivity contribution in [1.29, 1.82) is 0 Å². The van der Waals surface area contributed by atoms with Crippen molar-refractivity contribution in [3.8, 4) is 0 Å². The molecule has 0 aliphatic rings. The summed E-state index contributed by atoms with van der Waals surface area (Å²) in [6.07, 6.45) is 2.73. The van der Waals surface area contributed by atoms with Gasteiger partial charge in [0.25, 0.3) is 0 Å². The largest absolute Gasteiger partial charge is 0.383 e. The van der Waals surface area contributed by atoms with Gasteiger partial charge in [0.15, 0.2) is 0 Å². The molecule has 2 aromatic rings. The smallest absolute Gasteiger partial charge is 0.111 e. The molecule has 2 rings (SSSR count). The lowest BCUT2D eigenvalue weighted by atomic mass is 9.88. The lowest BCUT2D eigenvalue weighted by molar-refractivity contribution is 0.0225. The van der Waals surface area contributed by atoms with E-state index in [0.29, 0.717) is 23.6 Å². The third-order valence-corrected chi connectivity index (χ3v) is 3.88. The number of rotatable bonds is 5. The number of aromatic nitrogens is 2. The van der Waals surface area contributed by atoms with Crippen LogP contribution in [-0.2, 0) is 12.0 Å². The van der Waals surface area contributed by atoms with Crippen LogP contribution in [0.1, 0.15) is 44.5 Å². The molecule has 0 aliphatic carbocycles. The highest BCUT2D eigenvalue weighted by Crippen LogP contribution is 2.35. The van der Waals surface area contributed by atoms with Crippen LogP contribution in [0.3, 0.4) is 0 Å². The Morgan fingerprint density at radius 1 is 1.30 bits per heavy atom. The van der Waals surface area contributed by atoms with Gasteiger partial charge in [-0.05, 0) is 25.8 Å². The first-order valence-corrected chi connectivity index (χ1v) is 7.35. The lowest BCUT2D eigenvalue weighted by Gasteiger charge is -2.29. The van der Waals surface area contributed by atoms with Gasteiger partial charge in [-0.25, -0.2) is 0 Å². The fourth-order valence-electron chi connectivity index (χ4n) is 2.48. The van der Waals surface area contributed by atoms with E-state index in [1.807, 2.05) is 55.8 Å². The molecule has 0 amide bonds. The van der Waals surface area contributed by atoms with E-state index in [4.69, 9.17) is 11.6 Å². The minimum Gasteiger partial charge on any atom is -0.383 e. The van der Waals surface area contributed by atoms with E-state index in [1.165, 1.54) is 0 Å². The SMILES string of the molecule is CCC(O)(Cc1ccccc1)c1c(Cl)cnn1C(C)C. The molecule has 0 fully saturated rings. The van der Waals surface area contributed by atoms with Gasteiger partial charge in [0.05, 0.1) is 16.9 Å². The predicted molar refractivity (Wildman–Crippen MR) is 82.0 cm³/mol. The van der Waals surface area contributed by atoms with Crippen LogP contribution in [-0.4, -0.2) is 14.9 Å². The predicted octanol–water partition coefficient (Wildman–Crippen LogP) is 3.96. The maximum Gasteiger partial charge on any atom is 0.111 e. The zero-order chi connectivity index (χ0) is 14.8. The maximum atomic E-state index is 11.1. The number of halogens is 1. The quantitative estimate of drug-likeness (QED) is 0.906. The van der Waals surface area contributed by atoms with Crippen LogP contribution in [0, 0.1) is 0 Å². The molecule has 1 aromatic heterocycles. The van der Waals surface area contributed by atoms with Gasteiger partial charge in [-0.15, -0.1) is 0 Å². The minimum absolute atomic E-state index is 0.159. The first kappa shape index (κ1) is 15.1. The molecule has 4 heteroatoms. The molecular formula is C16H21ClN2O. The first-order valence-electron chi connectivity index (χ1n) is 6.97. The Bertz CT molecular complexity index is 565. The highest BCUT2D eigenvalue weighted by molar-refractivity contribution is 6.31. The van der Waals surface area contributed by atoms with Gasteiger partial charge < -0.3 is 5.11 Å². The monoisotopic (exact) mass is 292 g/mol. The number of benzene rings is 1. The first-order chi connectivity index (χ1) is 9.48. The van der Waals surface area contributed by atoms with Gasteiger partial charge in [0, 0.05) is 12.5 Å². The van der Waals surface area contributed by atoms with Gasteiger partial charge >= 0.3 is 0 Å². The summed E-state index contributed by atoms with van der Waals surface area (Å²) in [4.78, 5) is 0. The van der Waals surface area contributed by atoms with E-state index in [-0.39, 0.29) is 6.04 Å². The summed E-state index contributed by atoms with van der Waals surface area (Å²) < 4.78 is 1.81. The third kappa shape index (κ3) is 2.89. The number of hydrogen-bond donors (Lipinski definition) is 1. The standard InChI is InChI=1S/C16H21ClN2O/c1-4-16(20,10-13-8-6-5-7-9-13)15-14(17)11-18-19(15)12(2)3/h5-9,11-12,20H,4,10H2,1-3H3. The van der Waals surface area contributed by atoms with Crippen LogP contribution in [0.2, 0.25) is 5.02 Å². The molecule has 3 nitrogen and oxygen atoms in total. The summed E-state index contributed by atoms with van der Waals surface area (Å²) in [5.74, 6) is 0. The van der Waals surface area contributed by atoms with Crippen LogP contribution in [0.15, 0.2) is 36.5 Å². The Hall–Kier alpha value is -1.32. The molecule has 1 heterocycles. The Kier molecular flexibility index (Phi) is 4.51. The number of nitrogens with zero attached hydrogens (tertiary/aromatic N) is 2. The van der Waals surface area contributed by atoms with Crippen LogP contribution in [0.4, 0.5) is 0 Å². The molecule has 0 saturated heterocycles. The maximum absolute atomic E-state index is 11.1. The van der Waals surface area contributed by atoms with Crippen LogP contribution in [0.25, 0.3) is 0 Å². The molecule has 20 heavy (non-hydrogen) atoms. The summed E-state index contributed by atoms with van der Waals surface area (Å²) in [5, 5.41) is 15.9. The fraction of sp³-hybridized carbons (Fsp3) is 0.438. The summed E-state index contributed by atoms with van der Waals surface area (Å²) in [5.41, 5.74) is 0.795. The average molecular weight is 293 g/mol. The van der Waals surface area contributed by atoms with Crippen molar-refractivity contribution < 1.29 is 5.11 Å². The second-order valence-electron chi connectivity index (χ2n) is 5.43. The topological polar surface area (TPSA) is 38.1 Å². The molecule has 0 aliphatic heterocycles. The van der Waals surface area contributed by atoms with Crippen molar-refractivity contribution in [3.63, 3.8) is 0 Å². The second-order valence-corrected chi connectivity index (χ2v) is 5.83. The molecule has 0 spiro atoms. The highest BCUT2D eigenvalue weighted by atomic mass is 35.5. The number of aliphatic hydroxyl groups is 1. The summed E-state index contributed by atoms with van der Waals surface area (Å²) in [6, 6.07) is 10.1. The van der Waals surface area contributed by atoms with E-state index in [9.17, 15) is 5.11 Å². The van der Waals surface area contributed by atoms with Gasteiger partial charge in [-0.1, -0.05) is 48.9 Å². The van der Waals surface area contributed by atoms with Crippen LogP contribution in [0.5, 0.6) is 0 Å². The highest BCUT2D eigenvalue weighted by Gasteiger charge is 2.34. The second kappa shape index (κ2) is 5.98. The van der Waals surface area contributed by atoms with E-state index in [1.54, 1.807) is 6.20 Å². The van der Waals surface area contributed by atoms with Crippen LogP contribution >= 0.6 is 11.6 Å². The number of hydrogen-bond acceptors (Lipinski definition) is 2. The van der Waals surface area contributed by atoms with Crippen LogP contribution < -0.4 is 0 Å². The van der Waals surface area contributed by atoms with Crippen molar-refractivity contribution in [2.45, 2.75) is 45.3 Å². The molecule has 1 atom stereocenters. The summed E-state index contributed by atoms with van der Waals surface area (Å²) in [6.45, 7) is 6.04. The molecule has 108 valence electrons. The molecule has 1 N–H and O–H groups in total. The van der Waals surface area contributed by atoms with Gasteiger partial charge in [-0.3, -0.25) is 4.68 Å². The molecule has 0 saturated carbocycles. The summed E-state index contributed by atoms with van der Waals surface area (Å²) >= 11 is 6.28. The van der Waals surface area contributed by atoms with Crippen molar-refractivity contribution >= 4 is 11.6 Å². The van der Waals surface area contributed by atoms with E-state index in [0.717, 1.165) is 5.56 Å².